The predicted molar refractivity (Wildman–Crippen MR) is 159 cm³/mol. The zero-order valence-electron chi connectivity index (χ0n) is 24.7. The molecule has 0 aromatic heterocycles. The smallest absolute Gasteiger partial charge is 0.347 e. The molecule has 0 aliphatic carbocycles. The fourth-order valence-corrected chi connectivity index (χ4v) is 4.24. The number of carbonyl (C=O) groups is 2. The Kier molecular flexibility index (Phi) is 9.95. The molecule has 4 aromatic carbocycles. The summed E-state index contributed by atoms with van der Waals surface area (Å²) >= 11 is 0. The van der Waals surface area contributed by atoms with Gasteiger partial charge in [0.1, 0.15) is 34.1 Å². The highest BCUT2D eigenvalue weighted by molar-refractivity contribution is 5.96. The van der Waals surface area contributed by atoms with Crippen molar-refractivity contribution in [2.45, 2.75) is 6.92 Å². The van der Waals surface area contributed by atoms with E-state index in [0.29, 0.717) is 52.6 Å². The number of carbonyl (C=O) groups excluding carboxylic acids is 2. The average Bonchev–Trinajstić information content (AvgIpc) is 3.04. The summed E-state index contributed by atoms with van der Waals surface area (Å²) in [6.07, 6.45) is 0. The minimum Gasteiger partial charge on any atom is -0.496 e. The Morgan fingerprint density at radius 1 is 0.488 bits per heavy atom. The lowest BCUT2D eigenvalue weighted by atomic mass is 10.1. The third-order valence-electron chi connectivity index (χ3n) is 6.39. The monoisotopic (exact) mass is 588 g/mol. The van der Waals surface area contributed by atoms with E-state index in [4.69, 9.17) is 37.9 Å². The van der Waals surface area contributed by atoms with Crippen LogP contribution in [0.3, 0.4) is 0 Å². The number of ether oxygens (including phenoxy) is 8. The lowest BCUT2D eigenvalue weighted by Gasteiger charge is -2.14. The van der Waals surface area contributed by atoms with Gasteiger partial charge in [0.15, 0.2) is 23.0 Å². The van der Waals surface area contributed by atoms with E-state index in [0.717, 1.165) is 11.1 Å². The highest BCUT2D eigenvalue weighted by Crippen LogP contribution is 2.37. The molecule has 0 atom stereocenters. The molecule has 43 heavy (non-hydrogen) atoms. The molecule has 0 fully saturated rings. The predicted octanol–water partition coefficient (Wildman–Crippen LogP) is 6.23. The van der Waals surface area contributed by atoms with Crippen LogP contribution in [0.25, 0.3) is 11.1 Å². The maximum Gasteiger partial charge on any atom is 0.347 e. The van der Waals surface area contributed by atoms with Crippen LogP contribution < -0.4 is 37.9 Å². The lowest BCUT2D eigenvalue weighted by molar-refractivity contribution is 0.0721. The van der Waals surface area contributed by atoms with Gasteiger partial charge in [-0.15, -0.1) is 0 Å². The minimum absolute atomic E-state index is 0.190. The van der Waals surface area contributed by atoms with Crippen molar-refractivity contribution in [3.8, 4) is 57.1 Å². The Balaban J connectivity index is 1.45. The van der Waals surface area contributed by atoms with Gasteiger partial charge in [-0.25, -0.2) is 9.59 Å². The van der Waals surface area contributed by atoms with Crippen LogP contribution in [0.4, 0.5) is 0 Å². The third-order valence-corrected chi connectivity index (χ3v) is 6.39. The highest BCUT2D eigenvalue weighted by atomic mass is 16.5. The van der Waals surface area contributed by atoms with E-state index in [-0.39, 0.29) is 11.1 Å². The summed E-state index contributed by atoms with van der Waals surface area (Å²) in [5.41, 5.74) is 2.11. The van der Waals surface area contributed by atoms with Crippen LogP contribution in [0.2, 0.25) is 0 Å². The van der Waals surface area contributed by atoms with Crippen molar-refractivity contribution in [2.75, 3.05) is 42.2 Å². The summed E-state index contributed by atoms with van der Waals surface area (Å²) in [5.74, 6) is 1.72. The molecule has 0 aliphatic rings. The summed E-state index contributed by atoms with van der Waals surface area (Å²) in [5, 5.41) is 0. The fourth-order valence-electron chi connectivity index (χ4n) is 4.24. The molecule has 0 N–H and O–H groups in total. The second-order valence-corrected chi connectivity index (χ2v) is 8.87. The van der Waals surface area contributed by atoms with Gasteiger partial charge in [-0.1, -0.05) is 24.3 Å². The molecule has 0 saturated carbocycles. The van der Waals surface area contributed by atoms with Gasteiger partial charge in [-0.3, -0.25) is 0 Å². The van der Waals surface area contributed by atoms with Gasteiger partial charge in [0.2, 0.25) is 0 Å². The SMILES string of the molecule is CCOc1cc(OC)c(C(=O)Oc2ccc(-c3ccc(OC(=O)c4cc(OC)c(OC)cc4OC)cc3)cc2)cc1OC. The van der Waals surface area contributed by atoms with Gasteiger partial charge in [-0.2, -0.15) is 0 Å². The number of esters is 2. The van der Waals surface area contributed by atoms with Gasteiger partial charge >= 0.3 is 11.9 Å². The molecular weight excluding hydrogens is 556 g/mol. The van der Waals surface area contributed by atoms with Crippen LogP contribution in [-0.4, -0.2) is 54.1 Å². The van der Waals surface area contributed by atoms with Crippen molar-refractivity contribution in [3.05, 3.63) is 83.9 Å². The molecule has 0 spiro atoms. The molecule has 4 rings (SSSR count). The molecule has 0 saturated heterocycles. The Labute approximate surface area is 249 Å². The normalized spacial score (nSPS) is 10.4. The van der Waals surface area contributed by atoms with Crippen molar-refractivity contribution < 1.29 is 47.5 Å². The molecule has 0 amide bonds. The first kappa shape index (κ1) is 30.6. The van der Waals surface area contributed by atoms with E-state index in [1.54, 1.807) is 36.4 Å². The summed E-state index contributed by atoms with van der Waals surface area (Å²) in [4.78, 5) is 25.9. The maximum absolute atomic E-state index is 13.0. The van der Waals surface area contributed by atoms with Crippen molar-refractivity contribution in [1.82, 2.24) is 0 Å². The second-order valence-electron chi connectivity index (χ2n) is 8.87. The van der Waals surface area contributed by atoms with E-state index < -0.39 is 11.9 Å². The maximum atomic E-state index is 13.0. The first-order chi connectivity index (χ1) is 20.8. The summed E-state index contributed by atoms with van der Waals surface area (Å²) in [6.45, 7) is 2.28. The molecule has 0 aliphatic heterocycles. The molecule has 0 unspecified atom stereocenters. The largest absolute Gasteiger partial charge is 0.496 e. The highest BCUT2D eigenvalue weighted by Gasteiger charge is 2.21. The standard InChI is InChI=1S/C33H32O10/c1-7-41-31-19-27(37-3)25(17-29(31)39-5)33(35)43-23-14-10-21(11-15-23)20-8-12-22(13-9-20)42-32(34)24-16-28(38-4)30(40-6)18-26(24)36-2/h8-19H,7H2,1-6H3. The van der Waals surface area contributed by atoms with Crippen molar-refractivity contribution in [2.24, 2.45) is 0 Å². The first-order valence-electron chi connectivity index (χ1n) is 13.2. The van der Waals surface area contributed by atoms with Crippen LogP contribution in [0, 0.1) is 0 Å². The number of rotatable bonds is 12. The van der Waals surface area contributed by atoms with Crippen molar-refractivity contribution >= 4 is 11.9 Å². The molecule has 10 nitrogen and oxygen atoms in total. The van der Waals surface area contributed by atoms with Gasteiger partial charge in [0.05, 0.1) is 42.2 Å². The van der Waals surface area contributed by atoms with Crippen LogP contribution in [-0.2, 0) is 0 Å². The van der Waals surface area contributed by atoms with Crippen molar-refractivity contribution in [3.63, 3.8) is 0 Å². The van der Waals surface area contributed by atoms with Crippen LogP contribution in [0.15, 0.2) is 72.8 Å². The molecule has 10 heteroatoms. The number of hydrogen-bond acceptors (Lipinski definition) is 10. The lowest BCUT2D eigenvalue weighted by Crippen LogP contribution is -2.11. The Morgan fingerprint density at radius 2 is 0.837 bits per heavy atom. The van der Waals surface area contributed by atoms with Crippen LogP contribution in [0.1, 0.15) is 27.6 Å². The van der Waals surface area contributed by atoms with Crippen LogP contribution in [0.5, 0.6) is 46.0 Å². The zero-order valence-corrected chi connectivity index (χ0v) is 24.7. The summed E-state index contributed by atoms with van der Waals surface area (Å²) in [7, 11) is 7.38. The quantitative estimate of drug-likeness (QED) is 0.140. The van der Waals surface area contributed by atoms with Gasteiger partial charge in [0, 0.05) is 24.3 Å². The number of hydrogen-bond donors (Lipinski definition) is 0. The molecule has 224 valence electrons. The Hall–Kier alpha value is -5.38. The zero-order chi connectivity index (χ0) is 30.9. The molecular formula is C33H32O10. The third kappa shape index (κ3) is 6.92. The number of methoxy groups -OCH3 is 5. The fraction of sp³-hybridized carbons (Fsp3) is 0.212. The van der Waals surface area contributed by atoms with Gasteiger partial charge in [0.25, 0.3) is 0 Å². The average molecular weight is 589 g/mol. The molecule has 0 heterocycles. The van der Waals surface area contributed by atoms with Gasteiger partial charge in [-0.05, 0) is 42.3 Å². The van der Waals surface area contributed by atoms with Gasteiger partial charge < -0.3 is 37.9 Å². The molecule has 0 radical (unpaired) electrons. The van der Waals surface area contributed by atoms with E-state index in [9.17, 15) is 9.59 Å². The minimum atomic E-state index is -0.612. The Morgan fingerprint density at radius 3 is 1.21 bits per heavy atom. The second kappa shape index (κ2) is 14.0. The van der Waals surface area contributed by atoms with E-state index in [2.05, 4.69) is 0 Å². The Bertz CT molecular complexity index is 1580. The van der Waals surface area contributed by atoms with Crippen LogP contribution >= 0.6 is 0 Å². The molecule has 0 bridgehead atoms. The van der Waals surface area contributed by atoms with E-state index >= 15 is 0 Å². The van der Waals surface area contributed by atoms with E-state index in [1.807, 2.05) is 31.2 Å². The number of benzene rings is 4. The molecule has 4 aromatic rings. The van der Waals surface area contributed by atoms with Crippen molar-refractivity contribution in [1.29, 1.82) is 0 Å². The summed E-state index contributed by atoms with van der Waals surface area (Å²) < 4.78 is 43.3. The topological polar surface area (TPSA) is 108 Å². The first-order valence-corrected chi connectivity index (χ1v) is 13.2. The summed E-state index contributed by atoms with van der Waals surface area (Å²) in [6, 6.07) is 20.2. The van der Waals surface area contributed by atoms with E-state index in [1.165, 1.54) is 47.7 Å².